The molecule has 0 N–H and O–H groups in total. The van der Waals surface area contributed by atoms with Gasteiger partial charge in [-0.3, -0.25) is 14.2 Å². The normalized spacial score (nSPS) is 14.1. The summed E-state index contributed by atoms with van der Waals surface area (Å²) in [6.07, 6.45) is 3.34. The molecule has 1 fully saturated rings. The molecule has 1 saturated heterocycles. The van der Waals surface area contributed by atoms with E-state index in [1.165, 1.54) is 7.05 Å². The molecule has 1 aromatic carbocycles. The van der Waals surface area contributed by atoms with Gasteiger partial charge in [-0.1, -0.05) is 17.7 Å². The molecule has 2 aromatic heterocycles. The number of hydrogen-bond acceptors (Lipinski definition) is 7. The number of piperazine rings is 1. The number of benzene rings is 1. The van der Waals surface area contributed by atoms with Crippen LogP contribution in [0.2, 0.25) is 0 Å². The summed E-state index contributed by atoms with van der Waals surface area (Å²) in [5.74, 6) is 0.108. The third kappa shape index (κ3) is 3.59. The molecule has 0 saturated carbocycles. The molecule has 154 valence electrons. The van der Waals surface area contributed by atoms with Crippen molar-refractivity contribution in [3.63, 3.8) is 0 Å². The zero-order valence-electron chi connectivity index (χ0n) is 16.7. The number of carbonyl (C=O) groups excluding carboxylic acids is 1. The second-order valence-electron chi connectivity index (χ2n) is 7.07. The van der Waals surface area contributed by atoms with Gasteiger partial charge in [0.05, 0.1) is 5.69 Å². The first kappa shape index (κ1) is 19.5. The Labute approximate surface area is 172 Å². The third-order valence-electron chi connectivity index (χ3n) is 5.06. The Morgan fingerprint density at radius 1 is 0.967 bits per heavy atom. The van der Waals surface area contributed by atoms with Crippen molar-refractivity contribution >= 4 is 11.9 Å². The molecule has 1 amide bonds. The van der Waals surface area contributed by atoms with E-state index in [0.29, 0.717) is 37.8 Å². The summed E-state index contributed by atoms with van der Waals surface area (Å²) in [7, 11) is 1.35. The summed E-state index contributed by atoms with van der Waals surface area (Å²) in [6.45, 7) is 3.79. The molecule has 0 unspecified atom stereocenters. The number of carbonyl (C=O) groups is 1. The van der Waals surface area contributed by atoms with Gasteiger partial charge in [0.25, 0.3) is 11.5 Å². The van der Waals surface area contributed by atoms with Crippen molar-refractivity contribution in [2.45, 2.75) is 6.92 Å². The lowest BCUT2D eigenvalue weighted by Gasteiger charge is -2.34. The minimum Gasteiger partial charge on any atom is -0.337 e. The van der Waals surface area contributed by atoms with E-state index in [1.807, 2.05) is 24.0 Å². The molecule has 0 radical (unpaired) electrons. The van der Waals surface area contributed by atoms with Gasteiger partial charge in [0, 0.05) is 45.6 Å². The van der Waals surface area contributed by atoms with Crippen LogP contribution >= 0.6 is 0 Å². The van der Waals surface area contributed by atoms with Crippen LogP contribution in [0.25, 0.3) is 5.69 Å². The molecule has 0 aliphatic carbocycles. The molecule has 1 aliphatic rings. The van der Waals surface area contributed by atoms with Crippen molar-refractivity contribution in [2.24, 2.45) is 7.05 Å². The number of aromatic nitrogens is 5. The first-order valence-corrected chi connectivity index (χ1v) is 9.54. The lowest BCUT2D eigenvalue weighted by molar-refractivity contribution is 0.0735. The molecule has 0 spiro atoms. The molecule has 30 heavy (non-hydrogen) atoms. The number of hydrogen-bond donors (Lipinski definition) is 0. The van der Waals surface area contributed by atoms with E-state index in [9.17, 15) is 14.4 Å². The van der Waals surface area contributed by atoms with Crippen molar-refractivity contribution in [3.05, 3.63) is 74.8 Å². The minimum atomic E-state index is -0.706. The van der Waals surface area contributed by atoms with Crippen LogP contribution in [0.15, 0.2) is 52.3 Å². The van der Waals surface area contributed by atoms with Gasteiger partial charge >= 0.3 is 5.69 Å². The van der Waals surface area contributed by atoms with Crippen LogP contribution < -0.4 is 16.1 Å². The lowest BCUT2D eigenvalue weighted by Crippen LogP contribution is -2.52. The number of anilines is 1. The van der Waals surface area contributed by atoms with Crippen molar-refractivity contribution in [2.75, 3.05) is 31.1 Å². The van der Waals surface area contributed by atoms with Gasteiger partial charge in [0.1, 0.15) is 0 Å². The fourth-order valence-corrected chi connectivity index (χ4v) is 3.28. The Hall–Kier alpha value is -3.82. The average molecular weight is 407 g/mol. The molecular weight excluding hydrogens is 386 g/mol. The maximum atomic E-state index is 13.0. The molecule has 0 atom stereocenters. The van der Waals surface area contributed by atoms with Crippen molar-refractivity contribution < 1.29 is 4.79 Å². The maximum absolute atomic E-state index is 13.0. The van der Waals surface area contributed by atoms with Crippen LogP contribution in [-0.2, 0) is 7.05 Å². The Morgan fingerprint density at radius 3 is 2.23 bits per heavy atom. The lowest BCUT2D eigenvalue weighted by atomic mass is 10.2. The van der Waals surface area contributed by atoms with E-state index in [1.54, 1.807) is 35.5 Å². The first-order valence-electron chi connectivity index (χ1n) is 9.54. The molecule has 3 heterocycles. The number of amides is 1. The SMILES string of the molecule is Cc1ccc(-n2nc(C(=O)N3CCN(c4ncccn4)CC3)c(=O)n(C)c2=O)cc1. The summed E-state index contributed by atoms with van der Waals surface area (Å²) < 4.78 is 2.00. The minimum absolute atomic E-state index is 0.276. The monoisotopic (exact) mass is 407 g/mol. The average Bonchev–Trinajstić information content (AvgIpc) is 2.79. The van der Waals surface area contributed by atoms with E-state index < -0.39 is 17.2 Å². The standard InChI is InChI=1S/C20H21N7O3/c1-14-4-6-15(7-5-14)27-20(30)24(2)17(28)16(23-27)18(29)25-10-12-26(13-11-25)19-21-8-3-9-22-19/h3-9H,10-13H2,1-2H3. The van der Waals surface area contributed by atoms with Crippen LogP contribution in [0.4, 0.5) is 5.95 Å². The highest BCUT2D eigenvalue weighted by molar-refractivity contribution is 5.92. The van der Waals surface area contributed by atoms with Gasteiger partial charge < -0.3 is 9.80 Å². The van der Waals surface area contributed by atoms with Crippen LogP contribution in [0.3, 0.4) is 0 Å². The number of rotatable bonds is 3. The Bertz CT molecular complexity index is 1180. The fourth-order valence-electron chi connectivity index (χ4n) is 3.28. The molecule has 4 rings (SSSR count). The molecule has 0 bridgehead atoms. The predicted molar refractivity (Wildman–Crippen MR) is 110 cm³/mol. The molecule has 3 aromatic rings. The molecule has 10 heteroatoms. The van der Waals surface area contributed by atoms with Gasteiger partial charge in [0.2, 0.25) is 11.6 Å². The van der Waals surface area contributed by atoms with E-state index >= 15 is 0 Å². The molecule has 1 aliphatic heterocycles. The van der Waals surface area contributed by atoms with Gasteiger partial charge in [-0.2, -0.15) is 9.78 Å². The number of nitrogens with zero attached hydrogens (tertiary/aromatic N) is 7. The molecular formula is C20H21N7O3. The van der Waals surface area contributed by atoms with Gasteiger partial charge in [-0.15, -0.1) is 0 Å². The summed E-state index contributed by atoms with van der Waals surface area (Å²) in [6, 6.07) is 8.86. The Balaban J connectivity index is 1.61. The van der Waals surface area contributed by atoms with E-state index in [0.717, 1.165) is 14.8 Å². The third-order valence-corrected chi connectivity index (χ3v) is 5.06. The smallest absolute Gasteiger partial charge is 0.337 e. The number of aryl methyl sites for hydroxylation is 1. The zero-order chi connectivity index (χ0) is 21.3. The van der Waals surface area contributed by atoms with Crippen molar-refractivity contribution in [3.8, 4) is 5.69 Å². The van der Waals surface area contributed by atoms with Gasteiger partial charge in [-0.25, -0.2) is 14.8 Å². The van der Waals surface area contributed by atoms with Gasteiger partial charge in [-0.05, 0) is 25.1 Å². The topological polar surface area (TPSA) is 106 Å². The van der Waals surface area contributed by atoms with Crippen LogP contribution in [-0.4, -0.2) is 61.3 Å². The molecule has 10 nitrogen and oxygen atoms in total. The zero-order valence-corrected chi connectivity index (χ0v) is 16.7. The largest absolute Gasteiger partial charge is 0.351 e. The van der Waals surface area contributed by atoms with Crippen LogP contribution in [0, 0.1) is 6.92 Å². The second-order valence-corrected chi connectivity index (χ2v) is 7.07. The highest BCUT2D eigenvalue weighted by Gasteiger charge is 2.27. The maximum Gasteiger partial charge on any atom is 0.351 e. The highest BCUT2D eigenvalue weighted by atomic mass is 16.2. The van der Waals surface area contributed by atoms with Gasteiger partial charge in [0.15, 0.2) is 0 Å². The second kappa shape index (κ2) is 7.90. The summed E-state index contributed by atoms with van der Waals surface area (Å²) in [5, 5.41) is 4.13. The fraction of sp³-hybridized carbons (Fsp3) is 0.300. The van der Waals surface area contributed by atoms with Crippen LogP contribution in [0.1, 0.15) is 16.1 Å². The van der Waals surface area contributed by atoms with E-state index in [4.69, 9.17) is 0 Å². The summed E-state index contributed by atoms with van der Waals surface area (Å²) in [5.41, 5.74) is -0.0785. The van der Waals surface area contributed by atoms with Crippen molar-refractivity contribution in [1.29, 1.82) is 0 Å². The van der Waals surface area contributed by atoms with Crippen molar-refractivity contribution in [1.82, 2.24) is 29.2 Å². The predicted octanol–water partition coefficient (Wildman–Crippen LogP) is -0.00798. The summed E-state index contributed by atoms with van der Waals surface area (Å²) >= 11 is 0. The van der Waals surface area contributed by atoms with E-state index in [-0.39, 0.29) is 5.69 Å². The Kier molecular flexibility index (Phi) is 5.13. The quantitative estimate of drug-likeness (QED) is 0.601. The highest BCUT2D eigenvalue weighted by Crippen LogP contribution is 2.11. The Morgan fingerprint density at radius 2 is 1.60 bits per heavy atom. The van der Waals surface area contributed by atoms with Crippen LogP contribution in [0.5, 0.6) is 0 Å². The summed E-state index contributed by atoms with van der Waals surface area (Å²) in [4.78, 5) is 50.2. The van der Waals surface area contributed by atoms with E-state index in [2.05, 4.69) is 15.1 Å². The first-order chi connectivity index (χ1) is 14.5.